The second-order valence-electron chi connectivity index (χ2n) is 6.55. The first-order valence-electron chi connectivity index (χ1n) is 9.48. The molecule has 0 saturated heterocycles. The van der Waals surface area contributed by atoms with Gasteiger partial charge in [0, 0.05) is 24.2 Å². The molecule has 0 bridgehead atoms. The fourth-order valence-corrected chi connectivity index (χ4v) is 3.75. The quantitative estimate of drug-likeness (QED) is 0.405. The minimum atomic E-state index is -0.146. The second-order valence-corrected chi connectivity index (χ2v) is 7.63. The van der Waals surface area contributed by atoms with Crippen molar-refractivity contribution in [3.05, 3.63) is 89.4 Å². The van der Waals surface area contributed by atoms with Crippen LogP contribution in [0.3, 0.4) is 0 Å². The number of amides is 1. The highest BCUT2D eigenvalue weighted by atomic mass is 32.1. The van der Waals surface area contributed by atoms with Crippen molar-refractivity contribution < 1.29 is 9.90 Å². The van der Waals surface area contributed by atoms with E-state index >= 15 is 0 Å². The number of aromatic nitrogens is 2. The Balaban J connectivity index is 1.47. The smallest absolute Gasteiger partial charge is 0.265 e. The van der Waals surface area contributed by atoms with E-state index in [2.05, 4.69) is 20.6 Å². The highest BCUT2D eigenvalue weighted by molar-refractivity contribution is 7.17. The number of carbonyl (C=O) groups excluding carboxylic acids is 1. The lowest BCUT2D eigenvalue weighted by molar-refractivity contribution is 0.103. The van der Waals surface area contributed by atoms with E-state index in [-0.39, 0.29) is 12.5 Å². The maximum absolute atomic E-state index is 12.5. The number of para-hydroxylation sites is 1. The zero-order valence-electron chi connectivity index (χ0n) is 16.1. The number of carbonyl (C=O) groups is 1. The Bertz CT molecular complexity index is 1130. The van der Waals surface area contributed by atoms with Gasteiger partial charge in [0.25, 0.3) is 5.91 Å². The molecule has 2 heterocycles. The molecule has 30 heavy (non-hydrogen) atoms. The third kappa shape index (κ3) is 4.89. The first kappa shape index (κ1) is 19.8. The molecule has 0 radical (unpaired) electrons. The monoisotopic (exact) mass is 416 g/mol. The summed E-state index contributed by atoms with van der Waals surface area (Å²) < 4.78 is 0. The Kier molecular flexibility index (Phi) is 6.12. The van der Waals surface area contributed by atoms with Gasteiger partial charge >= 0.3 is 0 Å². The molecule has 150 valence electrons. The Morgan fingerprint density at radius 1 is 0.933 bits per heavy atom. The zero-order chi connectivity index (χ0) is 20.8. The van der Waals surface area contributed by atoms with E-state index in [9.17, 15) is 4.79 Å². The van der Waals surface area contributed by atoms with Crippen LogP contribution in [0.2, 0.25) is 0 Å². The molecule has 0 unspecified atom stereocenters. The zero-order valence-corrected chi connectivity index (χ0v) is 16.9. The highest BCUT2D eigenvalue weighted by Gasteiger charge is 2.12. The molecule has 1 amide bonds. The largest absolute Gasteiger partial charge is 0.396 e. The Labute approximate surface area is 178 Å². The summed E-state index contributed by atoms with van der Waals surface area (Å²) in [6, 6.07) is 22.7. The number of anilines is 3. The van der Waals surface area contributed by atoms with Gasteiger partial charge in [-0.05, 0) is 54.4 Å². The fraction of sp³-hybridized carbons (Fsp3) is 0.0870. The summed E-state index contributed by atoms with van der Waals surface area (Å²) in [5, 5.41) is 15.1. The van der Waals surface area contributed by atoms with Gasteiger partial charge in [-0.1, -0.05) is 30.3 Å². The number of nitrogens with one attached hydrogen (secondary N) is 2. The molecular weight excluding hydrogens is 396 g/mol. The Hall–Kier alpha value is -3.55. The molecule has 4 rings (SSSR count). The van der Waals surface area contributed by atoms with E-state index in [4.69, 9.17) is 5.11 Å². The molecule has 0 saturated carbocycles. The van der Waals surface area contributed by atoms with E-state index in [0.717, 1.165) is 27.5 Å². The van der Waals surface area contributed by atoms with Gasteiger partial charge in [-0.3, -0.25) is 4.79 Å². The van der Waals surface area contributed by atoms with Gasteiger partial charge in [-0.15, -0.1) is 11.3 Å². The summed E-state index contributed by atoms with van der Waals surface area (Å²) in [4.78, 5) is 22.8. The number of rotatable bonds is 7. The molecule has 2 aromatic heterocycles. The van der Waals surface area contributed by atoms with Crippen LogP contribution in [0.15, 0.2) is 79.0 Å². The van der Waals surface area contributed by atoms with Gasteiger partial charge in [-0.25, -0.2) is 9.97 Å². The van der Waals surface area contributed by atoms with Crippen molar-refractivity contribution >= 4 is 34.6 Å². The summed E-state index contributed by atoms with van der Waals surface area (Å²) in [5.41, 5.74) is 3.43. The first-order chi connectivity index (χ1) is 14.7. The lowest BCUT2D eigenvalue weighted by atomic mass is 10.1. The van der Waals surface area contributed by atoms with E-state index in [1.165, 1.54) is 11.3 Å². The van der Waals surface area contributed by atoms with Crippen LogP contribution in [-0.4, -0.2) is 27.6 Å². The number of aliphatic hydroxyl groups is 1. The molecule has 6 nitrogen and oxygen atoms in total. The van der Waals surface area contributed by atoms with E-state index < -0.39 is 0 Å². The van der Waals surface area contributed by atoms with Crippen LogP contribution in [0.4, 0.5) is 17.3 Å². The van der Waals surface area contributed by atoms with Crippen LogP contribution in [0.1, 0.15) is 15.2 Å². The minimum Gasteiger partial charge on any atom is -0.396 e. The lowest BCUT2D eigenvalue weighted by Gasteiger charge is -2.07. The average molecular weight is 417 g/mol. The summed E-state index contributed by atoms with van der Waals surface area (Å²) in [6.45, 7) is 0.129. The first-order valence-corrected chi connectivity index (χ1v) is 10.3. The van der Waals surface area contributed by atoms with Crippen LogP contribution in [-0.2, 0) is 6.42 Å². The van der Waals surface area contributed by atoms with Crippen LogP contribution in [0.25, 0.3) is 10.6 Å². The van der Waals surface area contributed by atoms with Gasteiger partial charge in [-0.2, -0.15) is 0 Å². The number of benzene rings is 2. The van der Waals surface area contributed by atoms with Crippen molar-refractivity contribution in [3.63, 3.8) is 0 Å². The van der Waals surface area contributed by atoms with Gasteiger partial charge in [0.15, 0.2) is 0 Å². The standard InChI is InChI=1S/C23H20N4O2S/c28-15-13-16-6-8-18(9-7-16)26-23-24-14-12-19(27-23)20-10-11-21(30-20)22(29)25-17-4-2-1-3-5-17/h1-12,14,28H,13,15H2,(H,25,29)(H,24,26,27). The van der Waals surface area contributed by atoms with Gasteiger partial charge in [0.2, 0.25) is 5.95 Å². The van der Waals surface area contributed by atoms with Gasteiger partial charge in [0.05, 0.1) is 15.4 Å². The molecule has 4 aromatic rings. The number of thiophene rings is 1. The molecule has 0 fully saturated rings. The number of hydrogen-bond donors (Lipinski definition) is 3. The number of aliphatic hydroxyl groups excluding tert-OH is 1. The predicted molar refractivity (Wildman–Crippen MR) is 120 cm³/mol. The number of hydrogen-bond acceptors (Lipinski definition) is 6. The Morgan fingerprint density at radius 2 is 1.73 bits per heavy atom. The lowest BCUT2D eigenvalue weighted by Crippen LogP contribution is -2.09. The van der Waals surface area contributed by atoms with Crippen LogP contribution >= 0.6 is 11.3 Å². The maximum atomic E-state index is 12.5. The third-order valence-corrected chi connectivity index (χ3v) is 5.49. The van der Waals surface area contributed by atoms with Crippen molar-refractivity contribution in [3.8, 4) is 10.6 Å². The van der Waals surface area contributed by atoms with Crippen molar-refractivity contribution in [1.29, 1.82) is 0 Å². The summed E-state index contributed by atoms with van der Waals surface area (Å²) in [7, 11) is 0. The molecule has 0 aliphatic rings. The summed E-state index contributed by atoms with van der Waals surface area (Å²) in [5.74, 6) is 0.332. The van der Waals surface area contributed by atoms with Gasteiger partial charge in [0.1, 0.15) is 0 Å². The molecule has 3 N–H and O–H groups in total. The van der Waals surface area contributed by atoms with Crippen LogP contribution in [0, 0.1) is 0 Å². The molecular formula is C23H20N4O2S. The normalized spacial score (nSPS) is 10.6. The second kappa shape index (κ2) is 9.30. The van der Waals surface area contributed by atoms with Crippen molar-refractivity contribution in [2.75, 3.05) is 17.2 Å². The minimum absolute atomic E-state index is 0.129. The third-order valence-electron chi connectivity index (χ3n) is 4.38. The van der Waals surface area contributed by atoms with E-state index in [1.54, 1.807) is 12.3 Å². The topological polar surface area (TPSA) is 87.1 Å². The van der Waals surface area contributed by atoms with Gasteiger partial charge < -0.3 is 15.7 Å². The summed E-state index contributed by atoms with van der Waals surface area (Å²) >= 11 is 1.38. The summed E-state index contributed by atoms with van der Waals surface area (Å²) in [6.07, 6.45) is 2.32. The fourth-order valence-electron chi connectivity index (χ4n) is 2.88. The molecule has 7 heteroatoms. The van der Waals surface area contributed by atoms with E-state index in [0.29, 0.717) is 17.2 Å². The van der Waals surface area contributed by atoms with Crippen LogP contribution < -0.4 is 10.6 Å². The van der Waals surface area contributed by atoms with Crippen molar-refractivity contribution in [2.24, 2.45) is 0 Å². The average Bonchev–Trinajstić information content (AvgIpc) is 3.27. The number of nitrogens with zero attached hydrogens (tertiary/aromatic N) is 2. The van der Waals surface area contributed by atoms with Crippen LogP contribution in [0.5, 0.6) is 0 Å². The molecule has 0 atom stereocenters. The molecule has 0 aliphatic heterocycles. The van der Waals surface area contributed by atoms with Crippen molar-refractivity contribution in [2.45, 2.75) is 6.42 Å². The highest BCUT2D eigenvalue weighted by Crippen LogP contribution is 2.28. The molecule has 0 aliphatic carbocycles. The SMILES string of the molecule is O=C(Nc1ccccc1)c1ccc(-c2ccnc(Nc3ccc(CCO)cc3)n2)s1. The molecule has 0 spiro atoms. The van der Waals surface area contributed by atoms with Crippen molar-refractivity contribution in [1.82, 2.24) is 9.97 Å². The Morgan fingerprint density at radius 3 is 2.50 bits per heavy atom. The maximum Gasteiger partial charge on any atom is 0.265 e. The molecule has 2 aromatic carbocycles. The van der Waals surface area contributed by atoms with E-state index in [1.807, 2.05) is 66.7 Å². The predicted octanol–water partition coefficient (Wildman–Crippen LogP) is 4.74.